The van der Waals surface area contributed by atoms with E-state index in [4.69, 9.17) is 23.5 Å². The van der Waals surface area contributed by atoms with E-state index in [-0.39, 0.29) is 32.9 Å². The number of fused-ring (bicyclic) bond motifs is 1. The van der Waals surface area contributed by atoms with Gasteiger partial charge in [0.2, 0.25) is 5.88 Å². The molecule has 0 unspecified atom stereocenters. The van der Waals surface area contributed by atoms with Crippen LogP contribution in [0.2, 0.25) is 0 Å². The van der Waals surface area contributed by atoms with E-state index in [1.807, 2.05) is 20.8 Å². The van der Waals surface area contributed by atoms with Gasteiger partial charge in [-0.2, -0.15) is 4.98 Å². The van der Waals surface area contributed by atoms with Gasteiger partial charge >= 0.3 is 13.8 Å². The van der Waals surface area contributed by atoms with Crippen molar-refractivity contribution in [2.24, 2.45) is 5.41 Å². The minimum absolute atomic E-state index is 0.0298. The second-order valence-corrected chi connectivity index (χ2v) is 14.0. The Morgan fingerprint density at radius 1 is 1.12 bits per heavy atom. The average Bonchev–Trinajstić information content (AvgIpc) is 3.26. The molecule has 15 nitrogen and oxygen atoms in total. The van der Waals surface area contributed by atoms with Crippen molar-refractivity contribution in [3.63, 3.8) is 0 Å². The van der Waals surface area contributed by atoms with Gasteiger partial charge in [0.05, 0.1) is 31.8 Å². The van der Waals surface area contributed by atoms with Gasteiger partial charge in [0.15, 0.2) is 5.79 Å². The first-order valence-electron chi connectivity index (χ1n) is 12.7. The van der Waals surface area contributed by atoms with Crippen LogP contribution in [0.1, 0.15) is 61.0 Å². The summed E-state index contributed by atoms with van der Waals surface area (Å²) in [5, 5.41) is 21.3. The van der Waals surface area contributed by atoms with Crippen LogP contribution in [0.3, 0.4) is 0 Å². The van der Waals surface area contributed by atoms with Crippen LogP contribution in [0.15, 0.2) is 12.5 Å². The molecule has 1 fully saturated rings. The molecule has 0 spiro atoms. The van der Waals surface area contributed by atoms with E-state index < -0.39 is 36.2 Å². The molecule has 226 valence electrons. The lowest BCUT2D eigenvalue weighted by Gasteiger charge is -2.45. The Balaban J connectivity index is 1.97. The molecular formula is C24H41N6O9P. The van der Waals surface area contributed by atoms with E-state index in [1.165, 1.54) is 21.7 Å². The summed E-state index contributed by atoms with van der Waals surface area (Å²) >= 11 is 0. The molecule has 0 atom stereocenters. The van der Waals surface area contributed by atoms with Crippen molar-refractivity contribution in [1.29, 1.82) is 0 Å². The van der Waals surface area contributed by atoms with Gasteiger partial charge in [-0.05, 0) is 55.4 Å². The minimum atomic E-state index is -4.21. The number of nitrogens with zero attached hydrogens (tertiary/aromatic N) is 3. The lowest BCUT2D eigenvalue weighted by Crippen LogP contribution is -2.55. The lowest BCUT2D eigenvalue weighted by molar-refractivity contribution is -0.290. The number of amides is 1. The van der Waals surface area contributed by atoms with Crippen LogP contribution in [0, 0.1) is 5.41 Å². The number of aromatic amines is 1. The van der Waals surface area contributed by atoms with Crippen molar-refractivity contribution in [3.8, 4) is 5.88 Å². The van der Waals surface area contributed by atoms with Crippen LogP contribution in [-0.4, -0.2) is 79.7 Å². The summed E-state index contributed by atoms with van der Waals surface area (Å²) in [5.74, 6) is -0.538. The van der Waals surface area contributed by atoms with Crippen LogP contribution in [0.5, 0.6) is 5.88 Å². The van der Waals surface area contributed by atoms with Crippen molar-refractivity contribution >= 4 is 24.8 Å². The molecule has 3 heterocycles. The Bertz CT molecular complexity index is 1210. The molecule has 40 heavy (non-hydrogen) atoms. The predicted molar refractivity (Wildman–Crippen MR) is 143 cm³/mol. The third-order valence-corrected chi connectivity index (χ3v) is 6.74. The molecule has 0 saturated carbocycles. The van der Waals surface area contributed by atoms with Crippen molar-refractivity contribution < 1.29 is 43.2 Å². The number of H-pyrrole nitrogens is 1. The number of hydrogen-bond donors (Lipinski definition) is 5. The van der Waals surface area contributed by atoms with E-state index in [2.05, 4.69) is 15.0 Å². The van der Waals surface area contributed by atoms with Gasteiger partial charge in [-0.3, -0.25) is 4.57 Å². The minimum Gasteiger partial charge on any atom is -0.470 e. The lowest BCUT2D eigenvalue weighted by atomic mass is 9.89. The zero-order valence-electron chi connectivity index (χ0n) is 24.2. The van der Waals surface area contributed by atoms with Crippen molar-refractivity contribution in [3.05, 3.63) is 18.1 Å². The van der Waals surface area contributed by atoms with E-state index in [0.717, 1.165) is 0 Å². The highest BCUT2D eigenvalue weighted by Crippen LogP contribution is 2.40. The van der Waals surface area contributed by atoms with Gasteiger partial charge in [0.25, 0.3) is 0 Å². The van der Waals surface area contributed by atoms with Crippen LogP contribution in [0.25, 0.3) is 11.0 Å². The fourth-order valence-corrected chi connectivity index (χ4v) is 4.46. The monoisotopic (exact) mass is 588 g/mol. The number of aromatic nitrogens is 3. The Morgan fingerprint density at radius 3 is 2.30 bits per heavy atom. The van der Waals surface area contributed by atoms with Gasteiger partial charge in [-0.1, -0.05) is 0 Å². The number of hydrogen-bond acceptors (Lipinski definition) is 11. The van der Waals surface area contributed by atoms with Crippen molar-refractivity contribution in [1.82, 2.24) is 30.4 Å². The predicted octanol–water partition coefficient (Wildman–Crippen LogP) is 3.72. The first-order valence-corrected chi connectivity index (χ1v) is 14.3. The van der Waals surface area contributed by atoms with Crippen molar-refractivity contribution in [2.75, 3.05) is 26.4 Å². The first-order chi connectivity index (χ1) is 18.4. The van der Waals surface area contributed by atoms with Gasteiger partial charge in [0, 0.05) is 18.3 Å². The Morgan fingerprint density at radius 2 is 1.75 bits per heavy atom. The number of carbonyl (C=O) groups is 1. The molecule has 0 aliphatic carbocycles. The third kappa shape index (κ3) is 8.57. The third-order valence-electron chi connectivity index (χ3n) is 5.72. The van der Waals surface area contributed by atoms with Gasteiger partial charge in [-0.15, -0.1) is 10.5 Å². The second kappa shape index (κ2) is 11.9. The molecule has 0 aromatic carbocycles. The summed E-state index contributed by atoms with van der Waals surface area (Å²) in [6.45, 7) is 14.2. The zero-order valence-corrected chi connectivity index (χ0v) is 25.1. The topological polar surface area (TPSA) is 190 Å². The Labute approximate surface area is 233 Å². The molecule has 0 radical (unpaired) electrons. The number of ether oxygens (including phenoxy) is 4. The maximum absolute atomic E-state index is 13.5. The molecule has 1 saturated heterocycles. The summed E-state index contributed by atoms with van der Waals surface area (Å²) in [7, 11) is -4.21. The smallest absolute Gasteiger partial charge is 0.410 e. The molecule has 3 rings (SSSR count). The standard InChI is InChI=1S/C24H41N6O9P/c1-21(2,3)38-19-18-17(26-15-27-19)16(9-25-18)10-30(20(31)39-22(4,5)6)11-24(12-35-23(7,8)36-13-24)14-37-40(34,28-32)29-33/h9,15,25,32-33H,10-14H2,1-8H3,(H2,28,29,34). The van der Waals surface area contributed by atoms with E-state index in [0.29, 0.717) is 22.5 Å². The zero-order chi connectivity index (χ0) is 30.0. The first kappa shape index (κ1) is 32.2. The maximum atomic E-state index is 13.5. The fourth-order valence-electron chi connectivity index (χ4n) is 3.85. The largest absolute Gasteiger partial charge is 0.470 e. The van der Waals surface area contributed by atoms with E-state index in [1.54, 1.807) is 40.8 Å². The molecule has 1 aliphatic rings. The number of carbonyl (C=O) groups excluding carboxylic acids is 1. The molecule has 1 aliphatic heterocycles. The summed E-state index contributed by atoms with van der Waals surface area (Å²) in [6.07, 6.45) is 2.47. The van der Waals surface area contributed by atoms with Crippen LogP contribution in [-0.2, 0) is 29.8 Å². The molecule has 16 heteroatoms. The maximum Gasteiger partial charge on any atom is 0.410 e. The second-order valence-electron chi connectivity index (χ2n) is 12.3. The van der Waals surface area contributed by atoms with E-state index in [9.17, 15) is 19.8 Å². The summed E-state index contributed by atoms with van der Waals surface area (Å²) in [6, 6.07) is 0. The van der Waals surface area contributed by atoms with Crippen LogP contribution in [0.4, 0.5) is 4.79 Å². The van der Waals surface area contributed by atoms with Crippen molar-refractivity contribution in [2.45, 2.75) is 78.9 Å². The molecule has 2 aromatic rings. The van der Waals surface area contributed by atoms with Gasteiger partial charge in [-0.25, -0.2) is 9.78 Å². The van der Waals surface area contributed by atoms with E-state index >= 15 is 0 Å². The summed E-state index contributed by atoms with van der Waals surface area (Å²) in [4.78, 5) is 26.7. The number of nitrogens with one attached hydrogen (secondary N) is 3. The van der Waals surface area contributed by atoms with Crippen LogP contribution >= 0.6 is 7.67 Å². The molecular weight excluding hydrogens is 547 g/mol. The van der Waals surface area contributed by atoms with Crippen LogP contribution < -0.4 is 15.2 Å². The van der Waals surface area contributed by atoms with Gasteiger partial charge < -0.3 is 43.8 Å². The highest BCUT2D eigenvalue weighted by Gasteiger charge is 2.45. The fraction of sp³-hybridized carbons (Fsp3) is 0.708. The number of rotatable bonds is 10. The molecule has 5 N–H and O–H groups in total. The summed E-state index contributed by atoms with van der Waals surface area (Å²) in [5.41, 5.74) is -0.572. The highest BCUT2D eigenvalue weighted by molar-refractivity contribution is 7.54. The quantitative estimate of drug-likeness (QED) is 0.200. The molecule has 2 aromatic heterocycles. The molecule has 1 amide bonds. The SMILES string of the molecule is CC(C)(C)OC(=O)N(Cc1c[nH]c2c(OC(C)(C)C)ncnc12)CC1(COP(=O)(NO)NO)COC(C)(C)OC1. The highest BCUT2D eigenvalue weighted by atomic mass is 31.2. The van der Waals surface area contributed by atoms with Gasteiger partial charge in [0.1, 0.15) is 28.6 Å². The average molecular weight is 589 g/mol. The normalized spacial score (nSPS) is 17.6. The molecule has 0 bridgehead atoms. The summed E-state index contributed by atoms with van der Waals surface area (Å²) < 4.78 is 41.2. The Hall–Kier alpha value is -2.36. The Kier molecular flexibility index (Phi) is 9.54.